The fourth-order valence-electron chi connectivity index (χ4n) is 3.87. The van der Waals surface area contributed by atoms with E-state index in [4.69, 9.17) is 16.3 Å². The fraction of sp³-hybridized carbons (Fsp3) is 0.318. The van der Waals surface area contributed by atoms with Gasteiger partial charge in [-0.25, -0.2) is 26.6 Å². The highest BCUT2D eigenvalue weighted by atomic mass is 35.5. The van der Waals surface area contributed by atoms with E-state index in [1.807, 2.05) is 0 Å². The molecule has 36 heavy (non-hydrogen) atoms. The first-order valence-electron chi connectivity index (χ1n) is 10.7. The molecule has 190 valence electrons. The van der Waals surface area contributed by atoms with E-state index in [0.717, 1.165) is 4.31 Å². The summed E-state index contributed by atoms with van der Waals surface area (Å²) in [7, 11) is -2.72. The molecule has 1 aromatic carbocycles. The zero-order chi connectivity index (χ0) is 25.7. The minimum absolute atomic E-state index is 0.0587. The summed E-state index contributed by atoms with van der Waals surface area (Å²) in [6.07, 6.45) is 0.636. The van der Waals surface area contributed by atoms with Gasteiger partial charge in [0.05, 0.1) is 29.4 Å². The van der Waals surface area contributed by atoms with Gasteiger partial charge in [0.2, 0.25) is 10.0 Å². The van der Waals surface area contributed by atoms with Crippen LogP contribution < -0.4 is 4.74 Å². The standard InChI is InChI=1S/C22H19ClF3N5O3S2/c1-34-14-4-2-13(3-5-14)10-31(22(12-24)6-7-22)36(32,33)15-8-16(23)17-9-27-19(30(17)11-15)21-29-28-20(35-21)18(25)26/h2-5,8-9,11,18H,6-7,10,12H2,1H3. The molecular formula is C22H19ClF3N5O3S2. The number of aromatic nitrogens is 4. The van der Waals surface area contributed by atoms with Crippen LogP contribution in [0.4, 0.5) is 13.2 Å². The van der Waals surface area contributed by atoms with Gasteiger partial charge in [0, 0.05) is 12.7 Å². The second-order valence-electron chi connectivity index (χ2n) is 8.32. The van der Waals surface area contributed by atoms with Gasteiger partial charge in [-0.3, -0.25) is 4.40 Å². The molecule has 5 rings (SSSR count). The Balaban J connectivity index is 1.58. The summed E-state index contributed by atoms with van der Waals surface area (Å²) in [5.41, 5.74) is -0.140. The second-order valence-corrected chi connectivity index (χ2v) is 11.6. The Bertz CT molecular complexity index is 1520. The first-order valence-corrected chi connectivity index (χ1v) is 13.3. The van der Waals surface area contributed by atoms with Crippen LogP contribution in [0.3, 0.4) is 0 Å². The van der Waals surface area contributed by atoms with Crippen LogP contribution in [0.5, 0.6) is 5.75 Å². The van der Waals surface area contributed by atoms with E-state index in [1.54, 1.807) is 24.3 Å². The Morgan fingerprint density at radius 2 is 1.97 bits per heavy atom. The normalized spacial score (nSPS) is 15.2. The van der Waals surface area contributed by atoms with E-state index < -0.39 is 33.7 Å². The molecule has 1 saturated carbocycles. The van der Waals surface area contributed by atoms with E-state index in [0.29, 0.717) is 41.0 Å². The fourth-order valence-corrected chi connectivity index (χ4v) is 6.70. The Morgan fingerprint density at radius 1 is 1.25 bits per heavy atom. The van der Waals surface area contributed by atoms with Crippen molar-refractivity contribution in [2.45, 2.75) is 36.2 Å². The predicted molar refractivity (Wildman–Crippen MR) is 128 cm³/mol. The number of hydrogen-bond acceptors (Lipinski definition) is 7. The maximum Gasteiger partial charge on any atom is 0.291 e. The lowest BCUT2D eigenvalue weighted by molar-refractivity contribution is 0.150. The molecule has 1 aliphatic rings. The highest BCUT2D eigenvalue weighted by molar-refractivity contribution is 7.89. The number of pyridine rings is 1. The SMILES string of the molecule is COc1ccc(CN(C2(CF)CC2)S(=O)(=O)c2cc(Cl)c3cnc(-c4nnc(C(F)F)s4)n3c2)cc1. The van der Waals surface area contributed by atoms with Crippen LogP contribution in [0.2, 0.25) is 5.02 Å². The third-order valence-electron chi connectivity index (χ3n) is 6.06. The minimum Gasteiger partial charge on any atom is -0.497 e. The van der Waals surface area contributed by atoms with E-state index >= 15 is 0 Å². The molecule has 0 radical (unpaired) electrons. The monoisotopic (exact) mass is 557 g/mol. The molecular weight excluding hydrogens is 539 g/mol. The molecule has 3 aromatic heterocycles. The lowest BCUT2D eigenvalue weighted by Crippen LogP contribution is -2.43. The van der Waals surface area contributed by atoms with E-state index in [1.165, 1.54) is 30.0 Å². The number of methoxy groups -OCH3 is 1. The van der Waals surface area contributed by atoms with Crippen molar-refractivity contribution in [1.82, 2.24) is 23.9 Å². The van der Waals surface area contributed by atoms with Crippen LogP contribution in [-0.2, 0) is 16.6 Å². The number of nitrogens with zero attached hydrogens (tertiary/aromatic N) is 5. The predicted octanol–water partition coefficient (Wildman–Crippen LogP) is 5.15. The van der Waals surface area contributed by atoms with Crippen LogP contribution in [-0.4, -0.2) is 51.6 Å². The summed E-state index contributed by atoms with van der Waals surface area (Å²) < 4.78 is 75.6. The smallest absolute Gasteiger partial charge is 0.291 e. The minimum atomic E-state index is -4.24. The molecule has 0 bridgehead atoms. The first kappa shape index (κ1) is 24.9. The van der Waals surface area contributed by atoms with Crippen molar-refractivity contribution in [1.29, 1.82) is 0 Å². The number of hydrogen-bond donors (Lipinski definition) is 0. The molecule has 4 aromatic rings. The van der Waals surface area contributed by atoms with Gasteiger partial charge in [0.15, 0.2) is 15.8 Å². The van der Waals surface area contributed by atoms with Gasteiger partial charge < -0.3 is 4.74 Å². The summed E-state index contributed by atoms with van der Waals surface area (Å²) in [5.74, 6) is 0.720. The van der Waals surface area contributed by atoms with Gasteiger partial charge >= 0.3 is 0 Å². The summed E-state index contributed by atoms with van der Waals surface area (Å²) in [6.45, 7) is -0.896. The van der Waals surface area contributed by atoms with Crippen LogP contribution >= 0.6 is 22.9 Å². The summed E-state index contributed by atoms with van der Waals surface area (Å²) in [6, 6.07) is 8.11. The number of rotatable bonds is 9. The van der Waals surface area contributed by atoms with Gasteiger partial charge in [-0.1, -0.05) is 35.1 Å². The number of sulfonamides is 1. The zero-order valence-electron chi connectivity index (χ0n) is 18.7. The number of fused-ring (bicyclic) bond motifs is 1. The van der Waals surface area contributed by atoms with Crippen molar-refractivity contribution in [3.63, 3.8) is 0 Å². The number of benzene rings is 1. The molecule has 0 N–H and O–H groups in total. The molecule has 1 aliphatic carbocycles. The van der Waals surface area contributed by atoms with Crippen molar-refractivity contribution in [3.8, 4) is 16.6 Å². The van der Waals surface area contributed by atoms with Crippen molar-refractivity contribution < 1.29 is 26.3 Å². The lowest BCUT2D eigenvalue weighted by Gasteiger charge is -2.29. The average molecular weight is 558 g/mol. The zero-order valence-corrected chi connectivity index (χ0v) is 21.1. The molecule has 0 spiro atoms. The van der Waals surface area contributed by atoms with Crippen molar-refractivity contribution in [2.75, 3.05) is 13.8 Å². The molecule has 8 nitrogen and oxygen atoms in total. The molecule has 0 unspecified atom stereocenters. The lowest BCUT2D eigenvalue weighted by atomic mass is 10.2. The van der Waals surface area contributed by atoms with Gasteiger partial charge in [0.25, 0.3) is 6.43 Å². The molecule has 0 atom stereocenters. The van der Waals surface area contributed by atoms with Gasteiger partial charge in [-0.2, -0.15) is 4.31 Å². The third kappa shape index (κ3) is 4.33. The van der Waals surface area contributed by atoms with Crippen LogP contribution in [0.25, 0.3) is 16.3 Å². The van der Waals surface area contributed by atoms with Crippen LogP contribution in [0, 0.1) is 0 Å². The summed E-state index contributed by atoms with van der Waals surface area (Å²) in [5, 5.41) is 6.89. The van der Waals surface area contributed by atoms with Crippen molar-refractivity contribution in [3.05, 3.63) is 58.3 Å². The molecule has 0 aliphatic heterocycles. The van der Waals surface area contributed by atoms with Crippen LogP contribution in [0.1, 0.15) is 29.8 Å². The summed E-state index contributed by atoms with van der Waals surface area (Å²) >= 11 is 7.05. The Hall–Kier alpha value is -2.74. The largest absolute Gasteiger partial charge is 0.497 e. The van der Waals surface area contributed by atoms with Crippen molar-refractivity contribution in [2.24, 2.45) is 0 Å². The highest BCUT2D eigenvalue weighted by Crippen LogP contribution is 2.46. The highest BCUT2D eigenvalue weighted by Gasteiger charge is 2.53. The van der Waals surface area contributed by atoms with E-state index in [-0.39, 0.29) is 27.3 Å². The summed E-state index contributed by atoms with van der Waals surface area (Å²) in [4.78, 5) is 4.00. The Labute approximate surface area is 213 Å². The quantitative estimate of drug-likeness (QED) is 0.283. The second kappa shape index (κ2) is 9.29. The van der Waals surface area contributed by atoms with Gasteiger partial charge in [-0.05, 0) is 36.6 Å². The molecule has 0 amide bonds. The average Bonchev–Trinajstić information content (AvgIpc) is 3.27. The topological polar surface area (TPSA) is 89.7 Å². The molecule has 14 heteroatoms. The van der Waals surface area contributed by atoms with Crippen molar-refractivity contribution >= 4 is 38.5 Å². The number of ether oxygens (including phenoxy) is 1. The van der Waals surface area contributed by atoms with E-state index in [9.17, 15) is 21.6 Å². The maximum absolute atomic E-state index is 14.1. The van der Waals surface area contributed by atoms with E-state index in [2.05, 4.69) is 15.2 Å². The van der Waals surface area contributed by atoms with Gasteiger partial charge in [0.1, 0.15) is 17.3 Å². The molecule has 1 fully saturated rings. The third-order valence-corrected chi connectivity index (χ3v) is 9.21. The Kier molecular flexibility index (Phi) is 6.43. The Morgan fingerprint density at radius 3 is 2.56 bits per heavy atom. The number of imidazole rings is 1. The first-order chi connectivity index (χ1) is 17.2. The number of alkyl halides is 3. The number of halogens is 4. The van der Waals surface area contributed by atoms with Gasteiger partial charge in [-0.15, -0.1) is 10.2 Å². The molecule has 3 heterocycles. The maximum atomic E-state index is 14.1. The van der Waals surface area contributed by atoms with Crippen LogP contribution in [0.15, 0.2) is 47.6 Å². The molecule has 0 saturated heterocycles.